The maximum Gasteiger partial charge on any atom is 0.340 e. The molecule has 2 atom stereocenters. The van der Waals surface area contributed by atoms with Gasteiger partial charge in [-0.1, -0.05) is 12.1 Å². The molecule has 2 rings (SSSR count). The monoisotopic (exact) mass is 249 g/mol. The molecule has 1 fully saturated rings. The molecule has 2 unspecified atom stereocenters. The summed E-state index contributed by atoms with van der Waals surface area (Å²) < 4.78 is 10.6. The van der Waals surface area contributed by atoms with Gasteiger partial charge in [-0.3, -0.25) is 0 Å². The van der Waals surface area contributed by atoms with E-state index in [4.69, 9.17) is 9.47 Å². The van der Waals surface area contributed by atoms with Crippen LogP contribution in [-0.4, -0.2) is 31.3 Å². The Morgan fingerprint density at radius 2 is 2.28 bits per heavy atom. The van der Waals surface area contributed by atoms with E-state index >= 15 is 0 Å². The molecule has 0 radical (unpaired) electrons. The normalized spacial score (nSPS) is 22.8. The van der Waals surface area contributed by atoms with E-state index in [1.54, 1.807) is 13.0 Å². The van der Waals surface area contributed by atoms with Crippen LogP contribution >= 0.6 is 0 Å². The van der Waals surface area contributed by atoms with Crippen molar-refractivity contribution in [3.05, 3.63) is 29.8 Å². The van der Waals surface area contributed by atoms with Gasteiger partial charge in [-0.2, -0.15) is 0 Å². The Balaban J connectivity index is 2.14. The van der Waals surface area contributed by atoms with Gasteiger partial charge in [0.25, 0.3) is 0 Å². The van der Waals surface area contributed by atoms with Crippen molar-refractivity contribution in [3.63, 3.8) is 0 Å². The lowest BCUT2D eigenvalue weighted by molar-refractivity contribution is 0.0527. The standard InChI is InChI=1S/C14H19NO3/c1-3-17-14(16)11-6-4-5-7-13(11)15-12-8-9-18-10(12)2/h4-7,10,12,15H,3,8-9H2,1-2H3. The molecule has 18 heavy (non-hydrogen) atoms. The Kier molecular flexibility index (Phi) is 4.20. The molecule has 1 aromatic carbocycles. The van der Waals surface area contributed by atoms with Crippen LogP contribution in [-0.2, 0) is 9.47 Å². The lowest BCUT2D eigenvalue weighted by Gasteiger charge is -2.19. The third-order valence-electron chi connectivity index (χ3n) is 3.14. The number of ether oxygens (including phenoxy) is 2. The molecular formula is C14H19NO3. The molecule has 0 spiro atoms. The number of hydrogen-bond acceptors (Lipinski definition) is 4. The van der Waals surface area contributed by atoms with Gasteiger partial charge in [-0.05, 0) is 32.4 Å². The van der Waals surface area contributed by atoms with Gasteiger partial charge in [0.05, 0.1) is 24.3 Å². The zero-order chi connectivity index (χ0) is 13.0. The van der Waals surface area contributed by atoms with Crippen LogP contribution in [0, 0.1) is 0 Å². The summed E-state index contributed by atoms with van der Waals surface area (Å²) in [4.78, 5) is 11.8. The molecule has 0 saturated carbocycles. The maximum absolute atomic E-state index is 11.8. The Morgan fingerprint density at radius 3 is 2.94 bits per heavy atom. The molecule has 0 bridgehead atoms. The summed E-state index contributed by atoms with van der Waals surface area (Å²) >= 11 is 0. The van der Waals surface area contributed by atoms with E-state index in [-0.39, 0.29) is 18.1 Å². The zero-order valence-electron chi connectivity index (χ0n) is 10.8. The smallest absolute Gasteiger partial charge is 0.340 e. The van der Waals surface area contributed by atoms with E-state index < -0.39 is 0 Å². The van der Waals surface area contributed by atoms with Crippen molar-refractivity contribution in [3.8, 4) is 0 Å². The fourth-order valence-electron chi connectivity index (χ4n) is 2.12. The van der Waals surface area contributed by atoms with Gasteiger partial charge < -0.3 is 14.8 Å². The Hall–Kier alpha value is -1.55. The van der Waals surface area contributed by atoms with Gasteiger partial charge in [0, 0.05) is 12.3 Å². The largest absolute Gasteiger partial charge is 0.462 e. The summed E-state index contributed by atoms with van der Waals surface area (Å²) in [7, 11) is 0. The van der Waals surface area contributed by atoms with Crippen LogP contribution in [0.2, 0.25) is 0 Å². The van der Waals surface area contributed by atoms with Crippen molar-refractivity contribution >= 4 is 11.7 Å². The van der Waals surface area contributed by atoms with E-state index in [9.17, 15) is 4.79 Å². The molecule has 1 aliphatic heterocycles. The predicted octanol–water partition coefficient (Wildman–Crippen LogP) is 2.45. The fourth-order valence-corrected chi connectivity index (χ4v) is 2.12. The van der Waals surface area contributed by atoms with Crippen LogP contribution in [0.15, 0.2) is 24.3 Å². The summed E-state index contributed by atoms with van der Waals surface area (Å²) in [6.07, 6.45) is 1.12. The topological polar surface area (TPSA) is 47.6 Å². The highest BCUT2D eigenvalue weighted by atomic mass is 16.5. The first-order chi connectivity index (χ1) is 8.72. The van der Waals surface area contributed by atoms with Gasteiger partial charge in [0.2, 0.25) is 0 Å². The first-order valence-corrected chi connectivity index (χ1v) is 6.36. The number of anilines is 1. The zero-order valence-corrected chi connectivity index (χ0v) is 10.8. The summed E-state index contributed by atoms with van der Waals surface area (Å²) in [5.74, 6) is -0.285. The molecule has 1 saturated heterocycles. The van der Waals surface area contributed by atoms with Gasteiger partial charge in [-0.25, -0.2) is 4.79 Å². The van der Waals surface area contributed by atoms with Crippen LogP contribution in [0.25, 0.3) is 0 Å². The number of nitrogens with one attached hydrogen (secondary N) is 1. The van der Waals surface area contributed by atoms with Crippen molar-refractivity contribution in [2.24, 2.45) is 0 Å². The first kappa shape index (κ1) is 12.9. The first-order valence-electron chi connectivity index (χ1n) is 6.36. The highest BCUT2D eigenvalue weighted by Gasteiger charge is 2.25. The van der Waals surface area contributed by atoms with E-state index in [0.717, 1.165) is 18.7 Å². The quantitative estimate of drug-likeness (QED) is 0.833. The summed E-state index contributed by atoms with van der Waals surface area (Å²) in [6.45, 7) is 5.00. The number of hydrogen-bond donors (Lipinski definition) is 1. The number of benzene rings is 1. The molecule has 1 N–H and O–H groups in total. The third-order valence-corrected chi connectivity index (χ3v) is 3.14. The van der Waals surface area contributed by atoms with E-state index in [1.165, 1.54) is 0 Å². The van der Waals surface area contributed by atoms with Crippen LogP contribution in [0.4, 0.5) is 5.69 Å². The van der Waals surface area contributed by atoms with Crippen molar-refractivity contribution in [1.29, 1.82) is 0 Å². The minimum Gasteiger partial charge on any atom is -0.462 e. The third kappa shape index (κ3) is 2.82. The van der Waals surface area contributed by atoms with Crippen molar-refractivity contribution < 1.29 is 14.3 Å². The molecular weight excluding hydrogens is 230 g/mol. The molecule has 1 heterocycles. The molecule has 0 aromatic heterocycles. The second kappa shape index (κ2) is 5.87. The predicted molar refractivity (Wildman–Crippen MR) is 69.8 cm³/mol. The number of carbonyl (C=O) groups is 1. The van der Waals surface area contributed by atoms with Crippen LogP contribution in [0.1, 0.15) is 30.6 Å². The number of para-hydroxylation sites is 1. The summed E-state index contributed by atoms with van der Waals surface area (Å²) in [6, 6.07) is 7.68. The Bertz CT molecular complexity index is 419. The summed E-state index contributed by atoms with van der Waals surface area (Å²) in [5.41, 5.74) is 1.40. The fraction of sp³-hybridized carbons (Fsp3) is 0.500. The minimum absolute atomic E-state index is 0.167. The molecule has 4 heteroatoms. The lowest BCUT2D eigenvalue weighted by atomic mass is 10.1. The van der Waals surface area contributed by atoms with E-state index in [1.807, 2.05) is 25.1 Å². The highest BCUT2D eigenvalue weighted by molar-refractivity contribution is 5.95. The van der Waals surface area contributed by atoms with Crippen molar-refractivity contribution in [2.45, 2.75) is 32.4 Å². The van der Waals surface area contributed by atoms with Gasteiger partial charge >= 0.3 is 5.97 Å². The molecule has 98 valence electrons. The van der Waals surface area contributed by atoms with Gasteiger partial charge in [-0.15, -0.1) is 0 Å². The Labute approximate surface area is 107 Å². The molecule has 1 aromatic rings. The number of esters is 1. The maximum atomic E-state index is 11.8. The van der Waals surface area contributed by atoms with E-state index in [0.29, 0.717) is 12.2 Å². The van der Waals surface area contributed by atoms with Crippen molar-refractivity contribution in [1.82, 2.24) is 0 Å². The number of carbonyl (C=O) groups excluding carboxylic acids is 1. The molecule has 4 nitrogen and oxygen atoms in total. The average Bonchev–Trinajstić information content (AvgIpc) is 2.76. The molecule has 1 aliphatic rings. The Morgan fingerprint density at radius 1 is 1.50 bits per heavy atom. The van der Waals surface area contributed by atoms with E-state index in [2.05, 4.69) is 5.32 Å². The molecule has 0 amide bonds. The molecule has 0 aliphatic carbocycles. The number of rotatable bonds is 4. The summed E-state index contributed by atoms with van der Waals surface area (Å²) in [5, 5.41) is 3.37. The highest BCUT2D eigenvalue weighted by Crippen LogP contribution is 2.22. The second-order valence-electron chi connectivity index (χ2n) is 4.38. The second-order valence-corrected chi connectivity index (χ2v) is 4.38. The average molecular weight is 249 g/mol. The lowest BCUT2D eigenvalue weighted by Crippen LogP contribution is -2.27. The SMILES string of the molecule is CCOC(=O)c1ccccc1NC1CCOC1C. The van der Waals surface area contributed by atoms with Crippen LogP contribution < -0.4 is 5.32 Å². The van der Waals surface area contributed by atoms with Crippen molar-refractivity contribution in [2.75, 3.05) is 18.5 Å². The van der Waals surface area contributed by atoms with Crippen LogP contribution in [0.5, 0.6) is 0 Å². The minimum atomic E-state index is -0.285. The van der Waals surface area contributed by atoms with Gasteiger partial charge in [0.1, 0.15) is 0 Å². The van der Waals surface area contributed by atoms with Gasteiger partial charge in [0.15, 0.2) is 0 Å². The van der Waals surface area contributed by atoms with Crippen LogP contribution in [0.3, 0.4) is 0 Å².